The molecule has 0 radical (unpaired) electrons. The number of hydrogen-bond donors (Lipinski definition) is 3. The lowest BCUT2D eigenvalue weighted by Crippen LogP contribution is -2.32. The second kappa shape index (κ2) is 7.42. The molecule has 0 atom stereocenters. The van der Waals surface area contributed by atoms with E-state index in [4.69, 9.17) is 11.6 Å². The summed E-state index contributed by atoms with van der Waals surface area (Å²) < 4.78 is 0. The van der Waals surface area contributed by atoms with E-state index in [9.17, 15) is 14.7 Å². The van der Waals surface area contributed by atoms with Gasteiger partial charge in [-0.15, -0.1) is 0 Å². The SMILES string of the molecule is Cc1ccc(NC(=O)C(=O)N/N=C\c2ccccc2O)cc1Cl. The number of aromatic hydroxyl groups is 1. The fourth-order valence-corrected chi connectivity index (χ4v) is 1.85. The molecule has 0 bridgehead atoms. The maximum Gasteiger partial charge on any atom is 0.329 e. The van der Waals surface area contributed by atoms with Crippen LogP contribution in [0.2, 0.25) is 5.02 Å². The standard InChI is InChI=1S/C16H14ClN3O3/c1-10-6-7-12(8-13(10)17)19-15(22)16(23)20-18-9-11-4-2-3-5-14(11)21/h2-9,21H,1H3,(H,19,22)(H,20,23)/b18-9-. The summed E-state index contributed by atoms with van der Waals surface area (Å²) in [6.45, 7) is 1.83. The van der Waals surface area contributed by atoms with Gasteiger partial charge in [-0.2, -0.15) is 5.10 Å². The van der Waals surface area contributed by atoms with Crippen LogP contribution in [0.15, 0.2) is 47.6 Å². The number of phenols is 1. The van der Waals surface area contributed by atoms with Crippen molar-refractivity contribution in [2.45, 2.75) is 6.92 Å². The molecule has 2 aromatic rings. The molecule has 0 unspecified atom stereocenters. The summed E-state index contributed by atoms with van der Waals surface area (Å²) in [6, 6.07) is 11.4. The van der Waals surface area contributed by atoms with Crippen molar-refractivity contribution in [2.75, 3.05) is 5.32 Å². The van der Waals surface area contributed by atoms with Crippen molar-refractivity contribution >= 4 is 35.3 Å². The molecule has 0 aliphatic rings. The molecule has 2 amide bonds. The smallest absolute Gasteiger partial charge is 0.329 e. The Morgan fingerprint density at radius 2 is 1.91 bits per heavy atom. The van der Waals surface area contributed by atoms with Gasteiger partial charge in [0.2, 0.25) is 0 Å². The minimum Gasteiger partial charge on any atom is -0.507 e. The maximum absolute atomic E-state index is 11.7. The van der Waals surface area contributed by atoms with Crippen LogP contribution in [0.25, 0.3) is 0 Å². The molecule has 0 saturated heterocycles. The van der Waals surface area contributed by atoms with E-state index in [0.717, 1.165) is 5.56 Å². The number of benzene rings is 2. The van der Waals surface area contributed by atoms with Crippen LogP contribution in [0.3, 0.4) is 0 Å². The average molecular weight is 332 g/mol. The highest BCUT2D eigenvalue weighted by molar-refractivity contribution is 6.39. The first-order valence-corrected chi connectivity index (χ1v) is 7.03. The van der Waals surface area contributed by atoms with Crippen LogP contribution < -0.4 is 10.7 Å². The molecule has 2 rings (SSSR count). The third kappa shape index (κ3) is 4.55. The first kappa shape index (κ1) is 16.5. The molecule has 0 saturated carbocycles. The molecular weight excluding hydrogens is 318 g/mol. The van der Waals surface area contributed by atoms with Crippen LogP contribution in [-0.4, -0.2) is 23.1 Å². The van der Waals surface area contributed by atoms with Crippen LogP contribution in [0.5, 0.6) is 5.75 Å². The van der Waals surface area contributed by atoms with E-state index in [0.29, 0.717) is 16.3 Å². The highest BCUT2D eigenvalue weighted by atomic mass is 35.5. The molecule has 7 heteroatoms. The zero-order chi connectivity index (χ0) is 16.8. The van der Waals surface area contributed by atoms with Gasteiger partial charge in [-0.1, -0.05) is 29.8 Å². The van der Waals surface area contributed by atoms with Crippen molar-refractivity contribution in [2.24, 2.45) is 5.10 Å². The Labute approximate surface area is 137 Å². The molecule has 0 heterocycles. The van der Waals surface area contributed by atoms with Gasteiger partial charge < -0.3 is 10.4 Å². The predicted octanol–water partition coefficient (Wildman–Crippen LogP) is 2.44. The number of carbonyl (C=O) groups is 2. The summed E-state index contributed by atoms with van der Waals surface area (Å²) in [5.74, 6) is -1.79. The van der Waals surface area contributed by atoms with Gasteiger partial charge in [0.25, 0.3) is 0 Å². The van der Waals surface area contributed by atoms with Gasteiger partial charge >= 0.3 is 11.8 Å². The van der Waals surface area contributed by atoms with E-state index < -0.39 is 11.8 Å². The molecule has 0 aromatic heterocycles. The van der Waals surface area contributed by atoms with Crippen LogP contribution >= 0.6 is 11.6 Å². The molecule has 118 valence electrons. The number of carbonyl (C=O) groups excluding carboxylic acids is 2. The van der Waals surface area contributed by atoms with Gasteiger partial charge in [-0.3, -0.25) is 9.59 Å². The predicted molar refractivity (Wildman–Crippen MR) is 88.7 cm³/mol. The van der Waals surface area contributed by atoms with Gasteiger partial charge in [0, 0.05) is 16.3 Å². The van der Waals surface area contributed by atoms with Crippen molar-refractivity contribution in [1.82, 2.24) is 5.43 Å². The van der Waals surface area contributed by atoms with E-state index in [-0.39, 0.29) is 5.75 Å². The number of para-hydroxylation sites is 1. The zero-order valence-electron chi connectivity index (χ0n) is 12.2. The minimum absolute atomic E-state index is 0.0178. The van der Waals surface area contributed by atoms with Crippen LogP contribution in [0.4, 0.5) is 5.69 Å². The maximum atomic E-state index is 11.7. The van der Waals surface area contributed by atoms with Crippen molar-refractivity contribution in [3.05, 3.63) is 58.6 Å². The van der Waals surface area contributed by atoms with Crippen LogP contribution in [-0.2, 0) is 9.59 Å². The lowest BCUT2D eigenvalue weighted by atomic mass is 10.2. The third-order valence-electron chi connectivity index (χ3n) is 2.94. The van der Waals surface area contributed by atoms with Gasteiger partial charge in [-0.25, -0.2) is 5.43 Å². The largest absolute Gasteiger partial charge is 0.507 e. The average Bonchev–Trinajstić information content (AvgIpc) is 2.52. The number of amides is 2. The van der Waals surface area contributed by atoms with Gasteiger partial charge in [0.05, 0.1) is 6.21 Å². The van der Waals surface area contributed by atoms with Crippen LogP contribution in [0.1, 0.15) is 11.1 Å². The summed E-state index contributed by atoms with van der Waals surface area (Å²) in [6.07, 6.45) is 1.24. The first-order chi connectivity index (χ1) is 11.0. The van der Waals surface area contributed by atoms with Crippen LogP contribution in [0, 0.1) is 6.92 Å². The quantitative estimate of drug-likeness (QED) is 0.458. The Kier molecular flexibility index (Phi) is 5.32. The Hall–Kier alpha value is -2.86. The number of nitrogens with zero attached hydrogens (tertiary/aromatic N) is 1. The van der Waals surface area contributed by atoms with Gasteiger partial charge in [0.1, 0.15) is 5.75 Å². The molecule has 0 spiro atoms. The van der Waals surface area contributed by atoms with E-state index in [2.05, 4.69) is 15.8 Å². The van der Waals surface area contributed by atoms with Gasteiger partial charge in [-0.05, 0) is 36.8 Å². The summed E-state index contributed by atoms with van der Waals surface area (Å²) >= 11 is 5.94. The molecule has 0 aliphatic heterocycles. The number of rotatable bonds is 3. The van der Waals surface area contributed by atoms with E-state index in [1.54, 1.807) is 36.4 Å². The van der Waals surface area contributed by atoms with Crippen molar-refractivity contribution < 1.29 is 14.7 Å². The zero-order valence-corrected chi connectivity index (χ0v) is 13.0. The number of halogens is 1. The number of anilines is 1. The fourth-order valence-electron chi connectivity index (χ4n) is 1.67. The Bertz CT molecular complexity index is 775. The number of hydrogen-bond acceptors (Lipinski definition) is 4. The third-order valence-corrected chi connectivity index (χ3v) is 3.35. The fraction of sp³-hybridized carbons (Fsp3) is 0.0625. The topological polar surface area (TPSA) is 90.8 Å². The molecule has 2 aromatic carbocycles. The lowest BCUT2D eigenvalue weighted by molar-refractivity contribution is -0.136. The molecule has 0 aliphatic carbocycles. The minimum atomic E-state index is -0.937. The van der Waals surface area contributed by atoms with Crippen molar-refractivity contribution in [3.8, 4) is 5.75 Å². The molecule has 23 heavy (non-hydrogen) atoms. The molecular formula is C16H14ClN3O3. The Morgan fingerprint density at radius 3 is 2.61 bits per heavy atom. The number of nitrogens with one attached hydrogen (secondary N) is 2. The Morgan fingerprint density at radius 1 is 1.17 bits per heavy atom. The summed E-state index contributed by atoms with van der Waals surface area (Å²) in [4.78, 5) is 23.4. The van der Waals surface area contributed by atoms with E-state index in [1.807, 2.05) is 6.92 Å². The molecule has 3 N–H and O–H groups in total. The highest BCUT2D eigenvalue weighted by Crippen LogP contribution is 2.19. The lowest BCUT2D eigenvalue weighted by Gasteiger charge is -2.05. The highest BCUT2D eigenvalue weighted by Gasteiger charge is 2.13. The summed E-state index contributed by atoms with van der Waals surface area (Å²) in [5, 5.41) is 16.1. The molecule has 6 nitrogen and oxygen atoms in total. The first-order valence-electron chi connectivity index (χ1n) is 6.66. The Balaban J connectivity index is 1.94. The normalized spacial score (nSPS) is 10.5. The second-order valence-electron chi connectivity index (χ2n) is 4.68. The van der Waals surface area contributed by atoms with E-state index in [1.165, 1.54) is 12.3 Å². The van der Waals surface area contributed by atoms with Crippen molar-refractivity contribution in [1.29, 1.82) is 0 Å². The monoisotopic (exact) mass is 331 g/mol. The molecule has 0 fully saturated rings. The number of phenolic OH excluding ortho intramolecular Hbond substituents is 1. The number of hydrazone groups is 1. The summed E-state index contributed by atoms with van der Waals surface area (Å²) in [5.41, 5.74) is 3.76. The van der Waals surface area contributed by atoms with E-state index >= 15 is 0 Å². The summed E-state index contributed by atoms with van der Waals surface area (Å²) in [7, 11) is 0. The van der Waals surface area contributed by atoms with Crippen molar-refractivity contribution in [3.63, 3.8) is 0 Å². The number of aryl methyl sites for hydroxylation is 1. The second-order valence-corrected chi connectivity index (χ2v) is 5.08. The van der Waals surface area contributed by atoms with Gasteiger partial charge in [0.15, 0.2) is 0 Å².